The molecule has 0 saturated carbocycles. The highest BCUT2D eigenvalue weighted by molar-refractivity contribution is 6.34. The SMILES string of the molecule is Cc1[nH]c(/C=C2\C(=O)Nc3ncccc32)c(C)c1C(=O)NCCN(C)C. The number of likely N-dealkylation sites (N-methyl/N-ethyl adjacent to an activating group) is 1. The summed E-state index contributed by atoms with van der Waals surface area (Å²) in [6.45, 7) is 5.09. The van der Waals surface area contributed by atoms with Crippen LogP contribution in [0.1, 0.15) is 32.9 Å². The molecule has 2 aromatic heterocycles. The highest BCUT2D eigenvalue weighted by Crippen LogP contribution is 2.32. The summed E-state index contributed by atoms with van der Waals surface area (Å²) in [5.74, 6) is 0.259. The number of nitrogens with one attached hydrogen (secondary N) is 3. The monoisotopic (exact) mass is 353 g/mol. The van der Waals surface area contributed by atoms with Gasteiger partial charge in [-0.3, -0.25) is 9.59 Å². The summed E-state index contributed by atoms with van der Waals surface area (Å²) in [5, 5.41) is 5.69. The van der Waals surface area contributed by atoms with Gasteiger partial charge in [-0.2, -0.15) is 0 Å². The van der Waals surface area contributed by atoms with Gasteiger partial charge in [-0.05, 0) is 51.7 Å². The van der Waals surface area contributed by atoms with Crippen LogP contribution in [0.4, 0.5) is 5.82 Å². The van der Waals surface area contributed by atoms with Crippen LogP contribution in [-0.2, 0) is 4.79 Å². The Kier molecular flexibility index (Phi) is 4.90. The van der Waals surface area contributed by atoms with Crippen LogP contribution in [0.3, 0.4) is 0 Å². The molecule has 1 aliphatic heterocycles. The third kappa shape index (κ3) is 3.39. The van der Waals surface area contributed by atoms with Gasteiger partial charge in [0, 0.05) is 36.2 Å². The van der Waals surface area contributed by atoms with Crippen LogP contribution in [0.25, 0.3) is 11.6 Å². The zero-order valence-corrected chi connectivity index (χ0v) is 15.4. The van der Waals surface area contributed by atoms with E-state index in [2.05, 4.69) is 20.6 Å². The number of carbonyl (C=O) groups is 2. The first-order chi connectivity index (χ1) is 12.4. The second-order valence-corrected chi connectivity index (χ2v) is 6.63. The van der Waals surface area contributed by atoms with Gasteiger partial charge in [0.15, 0.2) is 0 Å². The van der Waals surface area contributed by atoms with E-state index in [1.807, 2.05) is 38.9 Å². The second-order valence-electron chi connectivity index (χ2n) is 6.63. The molecule has 0 saturated heterocycles. The van der Waals surface area contributed by atoms with Crippen LogP contribution in [-0.4, -0.2) is 53.9 Å². The van der Waals surface area contributed by atoms with Crippen molar-refractivity contribution >= 4 is 29.3 Å². The molecule has 3 N–H and O–H groups in total. The molecule has 2 amide bonds. The number of aromatic amines is 1. The predicted molar refractivity (Wildman–Crippen MR) is 102 cm³/mol. The summed E-state index contributed by atoms with van der Waals surface area (Å²) >= 11 is 0. The van der Waals surface area contributed by atoms with Crippen LogP contribution < -0.4 is 10.6 Å². The molecule has 0 aliphatic carbocycles. The molecule has 26 heavy (non-hydrogen) atoms. The van der Waals surface area contributed by atoms with Crippen molar-refractivity contribution in [1.29, 1.82) is 0 Å². The molecular weight excluding hydrogens is 330 g/mol. The molecule has 0 bridgehead atoms. The lowest BCUT2D eigenvalue weighted by Gasteiger charge is -2.10. The fourth-order valence-corrected chi connectivity index (χ4v) is 3.05. The minimum Gasteiger partial charge on any atom is -0.358 e. The molecule has 7 nitrogen and oxygen atoms in total. The first kappa shape index (κ1) is 17.9. The number of H-pyrrole nitrogens is 1. The number of hydrogen-bond acceptors (Lipinski definition) is 4. The number of pyridine rings is 1. The van der Waals surface area contributed by atoms with E-state index in [0.717, 1.165) is 29.1 Å². The number of nitrogens with zero attached hydrogens (tertiary/aromatic N) is 2. The highest BCUT2D eigenvalue weighted by Gasteiger charge is 2.26. The molecule has 0 fully saturated rings. The van der Waals surface area contributed by atoms with E-state index in [0.29, 0.717) is 23.5 Å². The third-order valence-corrected chi connectivity index (χ3v) is 4.41. The van der Waals surface area contributed by atoms with Crippen LogP contribution in [0.15, 0.2) is 18.3 Å². The maximum absolute atomic E-state index is 12.5. The van der Waals surface area contributed by atoms with Gasteiger partial charge < -0.3 is 20.5 Å². The number of aromatic nitrogens is 2. The summed E-state index contributed by atoms with van der Waals surface area (Å²) in [6, 6.07) is 3.65. The Bertz CT molecular complexity index is 895. The van der Waals surface area contributed by atoms with Crippen molar-refractivity contribution in [3.05, 3.63) is 46.4 Å². The average Bonchev–Trinajstić information content (AvgIpc) is 3.04. The average molecular weight is 353 g/mol. The van der Waals surface area contributed by atoms with Crippen LogP contribution in [0.5, 0.6) is 0 Å². The fourth-order valence-electron chi connectivity index (χ4n) is 3.05. The minimum atomic E-state index is -0.192. The van der Waals surface area contributed by atoms with Gasteiger partial charge in [0.25, 0.3) is 11.8 Å². The smallest absolute Gasteiger partial charge is 0.257 e. The standard InChI is InChI=1S/C19H23N5O2/c1-11-15(10-14-13-6-5-7-20-17(13)23-18(14)25)22-12(2)16(11)19(26)21-8-9-24(3)4/h5-7,10,22H,8-9H2,1-4H3,(H,21,26)(H,20,23,25)/b14-10-. The molecule has 136 valence electrons. The number of fused-ring (bicyclic) bond motifs is 1. The Morgan fingerprint density at radius 1 is 1.35 bits per heavy atom. The van der Waals surface area contributed by atoms with Crippen molar-refractivity contribution in [3.8, 4) is 0 Å². The zero-order chi connectivity index (χ0) is 18.8. The van der Waals surface area contributed by atoms with E-state index in [4.69, 9.17) is 0 Å². The van der Waals surface area contributed by atoms with Gasteiger partial charge in [-0.25, -0.2) is 4.98 Å². The normalized spacial score (nSPS) is 14.7. The summed E-state index contributed by atoms with van der Waals surface area (Å²) in [5.41, 5.74) is 4.28. The summed E-state index contributed by atoms with van der Waals surface area (Å²) in [7, 11) is 3.92. The topological polar surface area (TPSA) is 90.1 Å². The highest BCUT2D eigenvalue weighted by atomic mass is 16.2. The lowest BCUT2D eigenvalue weighted by atomic mass is 10.0. The van der Waals surface area contributed by atoms with E-state index in [-0.39, 0.29) is 11.8 Å². The van der Waals surface area contributed by atoms with Gasteiger partial charge in [0.05, 0.1) is 11.1 Å². The van der Waals surface area contributed by atoms with Gasteiger partial charge in [-0.1, -0.05) is 0 Å². The molecule has 0 aromatic carbocycles. The van der Waals surface area contributed by atoms with Crippen molar-refractivity contribution in [2.24, 2.45) is 0 Å². The molecule has 0 spiro atoms. The van der Waals surface area contributed by atoms with Crippen molar-refractivity contribution in [1.82, 2.24) is 20.2 Å². The maximum atomic E-state index is 12.5. The molecule has 3 heterocycles. The number of anilines is 1. The maximum Gasteiger partial charge on any atom is 0.257 e. The summed E-state index contributed by atoms with van der Waals surface area (Å²) < 4.78 is 0. The molecule has 0 unspecified atom stereocenters. The van der Waals surface area contributed by atoms with Gasteiger partial charge in [-0.15, -0.1) is 0 Å². The number of hydrogen-bond donors (Lipinski definition) is 3. The Morgan fingerprint density at radius 3 is 2.85 bits per heavy atom. The molecule has 3 rings (SSSR count). The fraction of sp³-hybridized carbons (Fsp3) is 0.316. The van der Waals surface area contributed by atoms with Crippen LogP contribution in [0.2, 0.25) is 0 Å². The second kappa shape index (κ2) is 7.13. The number of amides is 2. The van der Waals surface area contributed by atoms with E-state index in [1.54, 1.807) is 18.3 Å². The number of carbonyl (C=O) groups excluding carboxylic acids is 2. The number of rotatable bonds is 5. The van der Waals surface area contributed by atoms with E-state index in [9.17, 15) is 9.59 Å². The Hall–Kier alpha value is -2.93. The van der Waals surface area contributed by atoms with Crippen molar-refractivity contribution < 1.29 is 9.59 Å². The largest absolute Gasteiger partial charge is 0.358 e. The summed E-state index contributed by atoms with van der Waals surface area (Å²) in [6.07, 6.45) is 3.42. The third-order valence-electron chi connectivity index (χ3n) is 4.41. The first-order valence-electron chi connectivity index (χ1n) is 8.49. The lowest BCUT2D eigenvalue weighted by Crippen LogP contribution is -2.31. The molecule has 2 aromatic rings. The summed E-state index contributed by atoms with van der Waals surface area (Å²) in [4.78, 5) is 34.2. The minimum absolute atomic E-state index is 0.110. The quantitative estimate of drug-likeness (QED) is 0.715. The van der Waals surface area contributed by atoms with Crippen molar-refractivity contribution in [2.45, 2.75) is 13.8 Å². The molecule has 1 aliphatic rings. The predicted octanol–water partition coefficient (Wildman–Crippen LogP) is 1.81. The van der Waals surface area contributed by atoms with Crippen LogP contribution >= 0.6 is 0 Å². The Balaban J connectivity index is 1.89. The van der Waals surface area contributed by atoms with Gasteiger partial charge in [0.2, 0.25) is 0 Å². The molecule has 0 atom stereocenters. The number of aryl methyl sites for hydroxylation is 1. The molecule has 7 heteroatoms. The Morgan fingerprint density at radius 2 is 2.12 bits per heavy atom. The van der Waals surface area contributed by atoms with E-state index >= 15 is 0 Å². The van der Waals surface area contributed by atoms with Gasteiger partial charge in [0.1, 0.15) is 5.82 Å². The van der Waals surface area contributed by atoms with Gasteiger partial charge >= 0.3 is 0 Å². The Labute approximate surface area is 152 Å². The molecular formula is C19H23N5O2. The zero-order valence-electron chi connectivity index (χ0n) is 15.4. The van der Waals surface area contributed by atoms with Crippen molar-refractivity contribution in [2.75, 3.05) is 32.5 Å². The van der Waals surface area contributed by atoms with Crippen molar-refractivity contribution in [3.63, 3.8) is 0 Å². The first-order valence-corrected chi connectivity index (χ1v) is 8.49. The lowest BCUT2D eigenvalue weighted by molar-refractivity contribution is -0.110. The molecule has 0 radical (unpaired) electrons. The van der Waals surface area contributed by atoms with Crippen LogP contribution in [0, 0.1) is 13.8 Å². The van der Waals surface area contributed by atoms with E-state index in [1.165, 1.54) is 0 Å². The van der Waals surface area contributed by atoms with E-state index < -0.39 is 0 Å².